The molecule has 4 rings (SSSR count). The third kappa shape index (κ3) is 5.61. The first kappa shape index (κ1) is 21.3. The predicted octanol–water partition coefficient (Wildman–Crippen LogP) is 3.05. The molecule has 2 saturated heterocycles. The molecule has 1 atom stereocenters. The highest BCUT2D eigenvalue weighted by Crippen LogP contribution is 2.26. The average molecular weight is 422 g/mol. The van der Waals surface area contributed by atoms with Crippen LogP contribution in [0.2, 0.25) is 0 Å². The first-order chi connectivity index (χ1) is 15.2. The van der Waals surface area contributed by atoms with Crippen molar-refractivity contribution in [1.82, 2.24) is 10.2 Å². The highest BCUT2D eigenvalue weighted by Gasteiger charge is 2.39. The second-order valence-corrected chi connectivity index (χ2v) is 7.64. The molecule has 2 fully saturated rings. The molecule has 0 aliphatic carbocycles. The van der Waals surface area contributed by atoms with Crippen molar-refractivity contribution in [3.05, 3.63) is 54.6 Å². The van der Waals surface area contributed by atoms with Crippen molar-refractivity contribution < 1.29 is 14.3 Å². The highest BCUT2D eigenvalue weighted by molar-refractivity contribution is 6.22. The summed E-state index contributed by atoms with van der Waals surface area (Å²) in [5.74, 6) is -0.385. The molecule has 31 heavy (non-hydrogen) atoms. The lowest BCUT2D eigenvalue weighted by atomic mass is 10.2. The van der Waals surface area contributed by atoms with Crippen molar-refractivity contribution in [2.75, 3.05) is 44.3 Å². The van der Waals surface area contributed by atoms with Crippen molar-refractivity contribution in [3.63, 3.8) is 0 Å². The SMILES string of the molecule is O=C1C[C@H](NCCCN2CCOCC2)C(=O)N1c1ccc(N=Nc2ccccc2)cc1. The number of morpholine rings is 1. The van der Waals surface area contributed by atoms with Crippen molar-refractivity contribution >= 4 is 28.9 Å². The number of azo groups is 1. The number of imide groups is 1. The van der Waals surface area contributed by atoms with E-state index in [1.807, 2.05) is 30.3 Å². The van der Waals surface area contributed by atoms with Gasteiger partial charge in [-0.2, -0.15) is 10.2 Å². The van der Waals surface area contributed by atoms with Crippen LogP contribution in [-0.2, 0) is 14.3 Å². The van der Waals surface area contributed by atoms with Gasteiger partial charge in [-0.1, -0.05) is 18.2 Å². The van der Waals surface area contributed by atoms with Crippen molar-refractivity contribution in [2.45, 2.75) is 18.9 Å². The number of nitrogens with one attached hydrogen (secondary N) is 1. The fourth-order valence-corrected chi connectivity index (χ4v) is 3.74. The van der Waals surface area contributed by atoms with E-state index in [1.54, 1.807) is 24.3 Å². The van der Waals surface area contributed by atoms with Crippen LogP contribution in [0.15, 0.2) is 64.8 Å². The molecule has 0 unspecified atom stereocenters. The summed E-state index contributed by atoms with van der Waals surface area (Å²) in [5, 5.41) is 11.6. The fraction of sp³-hybridized carbons (Fsp3) is 0.391. The Kier molecular flexibility index (Phi) is 7.14. The molecule has 1 N–H and O–H groups in total. The van der Waals surface area contributed by atoms with E-state index in [9.17, 15) is 9.59 Å². The Morgan fingerprint density at radius 3 is 2.32 bits per heavy atom. The van der Waals surface area contributed by atoms with Gasteiger partial charge < -0.3 is 10.1 Å². The van der Waals surface area contributed by atoms with E-state index in [4.69, 9.17) is 4.74 Å². The number of hydrogen-bond donors (Lipinski definition) is 1. The molecule has 0 aromatic heterocycles. The Morgan fingerprint density at radius 1 is 0.935 bits per heavy atom. The van der Waals surface area contributed by atoms with Gasteiger partial charge in [-0.3, -0.25) is 14.5 Å². The van der Waals surface area contributed by atoms with Crippen LogP contribution in [0.1, 0.15) is 12.8 Å². The van der Waals surface area contributed by atoms with Gasteiger partial charge in [-0.15, -0.1) is 0 Å². The molecule has 2 heterocycles. The summed E-state index contributed by atoms with van der Waals surface area (Å²) in [5.41, 5.74) is 1.98. The summed E-state index contributed by atoms with van der Waals surface area (Å²) in [6.07, 6.45) is 1.12. The van der Waals surface area contributed by atoms with Crippen LogP contribution in [0, 0.1) is 0 Å². The maximum absolute atomic E-state index is 12.8. The lowest BCUT2D eigenvalue weighted by Gasteiger charge is -2.26. The average Bonchev–Trinajstić information content (AvgIpc) is 3.10. The van der Waals surface area contributed by atoms with Gasteiger partial charge >= 0.3 is 0 Å². The molecule has 2 aliphatic heterocycles. The smallest absolute Gasteiger partial charge is 0.251 e. The fourth-order valence-electron chi connectivity index (χ4n) is 3.74. The lowest BCUT2D eigenvalue weighted by molar-refractivity contribution is -0.121. The van der Waals surface area contributed by atoms with E-state index >= 15 is 0 Å². The topological polar surface area (TPSA) is 86.6 Å². The number of carbonyl (C=O) groups excluding carboxylic acids is 2. The van der Waals surface area contributed by atoms with E-state index in [0.29, 0.717) is 17.9 Å². The Morgan fingerprint density at radius 2 is 1.61 bits per heavy atom. The van der Waals surface area contributed by atoms with Gasteiger partial charge in [-0.05, 0) is 55.9 Å². The van der Waals surface area contributed by atoms with Gasteiger partial charge in [0.25, 0.3) is 5.91 Å². The van der Waals surface area contributed by atoms with Crippen LogP contribution in [0.25, 0.3) is 0 Å². The summed E-state index contributed by atoms with van der Waals surface area (Å²) in [6, 6.07) is 16.0. The van der Waals surface area contributed by atoms with Gasteiger partial charge in [-0.25, -0.2) is 4.90 Å². The van der Waals surface area contributed by atoms with E-state index in [1.165, 1.54) is 4.90 Å². The quantitative estimate of drug-likeness (QED) is 0.402. The first-order valence-corrected chi connectivity index (χ1v) is 10.7. The van der Waals surface area contributed by atoms with Crippen LogP contribution < -0.4 is 10.2 Å². The van der Waals surface area contributed by atoms with Crippen LogP contribution >= 0.6 is 0 Å². The number of nitrogens with zero attached hydrogens (tertiary/aromatic N) is 4. The highest BCUT2D eigenvalue weighted by atomic mass is 16.5. The summed E-state index contributed by atoms with van der Waals surface area (Å²) >= 11 is 0. The van der Waals surface area contributed by atoms with E-state index < -0.39 is 6.04 Å². The minimum atomic E-state index is -0.463. The van der Waals surface area contributed by atoms with Crippen LogP contribution in [0.5, 0.6) is 0 Å². The summed E-state index contributed by atoms with van der Waals surface area (Å²) in [7, 11) is 0. The molecule has 2 aliphatic rings. The molecule has 2 aromatic rings. The normalized spacial score (nSPS) is 20.1. The minimum Gasteiger partial charge on any atom is -0.379 e. The van der Waals surface area contributed by atoms with Crippen molar-refractivity contribution in [3.8, 4) is 0 Å². The number of rotatable bonds is 8. The summed E-state index contributed by atoms with van der Waals surface area (Å²) in [6.45, 7) is 5.14. The minimum absolute atomic E-state index is 0.186. The molecular weight excluding hydrogens is 394 g/mol. The number of benzene rings is 2. The Balaban J connectivity index is 1.29. The second kappa shape index (κ2) is 10.4. The third-order valence-corrected chi connectivity index (χ3v) is 5.44. The summed E-state index contributed by atoms with van der Waals surface area (Å²) < 4.78 is 5.35. The molecule has 162 valence electrons. The maximum Gasteiger partial charge on any atom is 0.251 e. The first-order valence-electron chi connectivity index (χ1n) is 10.7. The molecule has 8 nitrogen and oxygen atoms in total. The molecular formula is C23H27N5O3. The van der Waals surface area contributed by atoms with Gasteiger partial charge in [0.05, 0.1) is 42.7 Å². The number of ether oxygens (including phenoxy) is 1. The molecule has 2 aromatic carbocycles. The van der Waals surface area contributed by atoms with Gasteiger partial charge in [0.2, 0.25) is 5.91 Å². The lowest BCUT2D eigenvalue weighted by Crippen LogP contribution is -2.41. The molecule has 0 radical (unpaired) electrons. The zero-order valence-electron chi connectivity index (χ0n) is 17.4. The monoisotopic (exact) mass is 421 g/mol. The van der Waals surface area contributed by atoms with Crippen molar-refractivity contribution in [1.29, 1.82) is 0 Å². The van der Waals surface area contributed by atoms with Gasteiger partial charge in [0, 0.05) is 13.1 Å². The van der Waals surface area contributed by atoms with Gasteiger partial charge in [0.1, 0.15) is 0 Å². The Labute approximate surface area is 181 Å². The number of carbonyl (C=O) groups is 2. The zero-order chi connectivity index (χ0) is 21.5. The van der Waals surface area contributed by atoms with E-state index in [2.05, 4.69) is 20.4 Å². The number of hydrogen-bond acceptors (Lipinski definition) is 7. The number of amides is 2. The standard InChI is InChI=1S/C23H27N5O3/c29-22-17-21(24-11-4-12-27-13-15-31-16-14-27)23(30)28(22)20-9-7-19(8-10-20)26-25-18-5-2-1-3-6-18/h1-3,5-10,21,24H,4,11-17H2/t21-/m0/s1. The number of anilines is 1. The molecule has 2 amide bonds. The zero-order valence-corrected chi connectivity index (χ0v) is 17.4. The van der Waals surface area contributed by atoms with E-state index in [-0.39, 0.29) is 18.2 Å². The third-order valence-electron chi connectivity index (χ3n) is 5.44. The molecule has 8 heteroatoms. The predicted molar refractivity (Wildman–Crippen MR) is 118 cm³/mol. The van der Waals surface area contributed by atoms with E-state index in [0.717, 1.165) is 45.0 Å². The summed E-state index contributed by atoms with van der Waals surface area (Å²) in [4.78, 5) is 28.9. The maximum atomic E-state index is 12.8. The largest absolute Gasteiger partial charge is 0.379 e. The molecule has 0 saturated carbocycles. The Bertz CT molecular complexity index is 911. The van der Waals surface area contributed by atoms with Crippen molar-refractivity contribution in [2.24, 2.45) is 10.2 Å². The molecule has 0 bridgehead atoms. The van der Waals surface area contributed by atoms with Crippen LogP contribution in [0.4, 0.5) is 17.1 Å². The molecule has 0 spiro atoms. The Hall–Kier alpha value is -2.94. The second-order valence-electron chi connectivity index (χ2n) is 7.64. The van der Waals surface area contributed by atoms with Crippen LogP contribution in [-0.4, -0.2) is 62.1 Å². The van der Waals surface area contributed by atoms with Gasteiger partial charge in [0.15, 0.2) is 0 Å². The van der Waals surface area contributed by atoms with Crippen LogP contribution in [0.3, 0.4) is 0 Å².